The maximum Gasteiger partial charge on any atom is 0.332 e. The Morgan fingerprint density at radius 1 is 1.24 bits per heavy atom. The van der Waals surface area contributed by atoms with Crippen molar-refractivity contribution in [2.75, 3.05) is 7.11 Å². The topological polar surface area (TPSA) is 92.5 Å². The largest absolute Gasteiger partial charge is 0.468 e. The number of imidazole rings is 2. The van der Waals surface area contributed by atoms with Crippen LogP contribution in [0.3, 0.4) is 0 Å². The molecule has 3 heterocycles. The highest BCUT2D eigenvalue weighted by atomic mass is 35.5. The van der Waals surface area contributed by atoms with E-state index in [0.29, 0.717) is 10.8 Å². The lowest BCUT2D eigenvalue weighted by atomic mass is 10.2. The summed E-state index contributed by atoms with van der Waals surface area (Å²) in [6.45, 7) is 1.83. The van der Waals surface area contributed by atoms with Gasteiger partial charge in [-0.15, -0.1) is 0 Å². The Balaban J connectivity index is 1.97. The van der Waals surface area contributed by atoms with Crippen molar-refractivity contribution in [3.8, 4) is 0 Å². The molecule has 4 rings (SSSR count). The van der Waals surface area contributed by atoms with Gasteiger partial charge in [0.15, 0.2) is 11.2 Å². The molecule has 0 aliphatic heterocycles. The summed E-state index contributed by atoms with van der Waals surface area (Å²) in [7, 11) is 2.86. The monoisotopic (exact) mass is 415 g/mol. The first-order valence-corrected chi connectivity index (χ1v) is 9.18. The molecule has 1 aromatic carbocycles. The first-order valence-electron chi connectivity index (χ1n) is 8.80. The second-order valence-electron chi connectivity index (χ2n) is 6.75. The summed E-state index contributed by atoms with van der Waals surface area (Å²) in [5.74, 6) is -0.0546. The Labute approximate surface area is 169 Å². The molecule has 0 saturated carbocycles. The van der Waals surface area contributed by atoms with Crippen LogP contribution in [-0.2, 0) is 29.7 Å². The first-order chi connectivity index (χ1) is 13.8. The third kappa shape index (κ3) is 3.03. The molecule has 4 aromatic rings. The maximum absolute atomic E-state index is 13.2. The van der Waals surface area contributed by atoms with Crippen molar-refractivity contribution >= 4 is 34.5 Å². The van der Waals surface area contributed by atoms with Crippen LogP contribution < -0.4 is 11.2 Å². The molecule has 9 nitrogen and oxygen atoms in total. The number of aromatic nitrogens is 5. The molecule has 0 N–H and O–H groups in total. The number of rotatable bonds is 4. The maximum atomic E-state index is 13.2. The highest BCUT2D eigenvalue weighted by Gasteiger charge is 2.21. The fraction of sp³-hybridized carbons (Fsp3) is 0.263. The Morgan fingerprint density at radius 2 is 2.00 bits per heavy atom. The zero-order valence-corrected chi connectivity index (χ0v) is 16.8. The van der Waals surface area contributed by atoms with Crippen LogP contribution in [0.1, 0.15) is 11.3 Å². The minimum Gasteiger partial charge on any atom is -0.468 e. The molecule has 0 amide bonds. The molecule has 0 unspecified atom stereocenters. The van der Waals surface area contributed by atoms with Gasteiger partial charge in [0.1, 0.15) is 6.54 Å². The van der Waals surface area contributed by atoms with Gasteiger partial charge in [0, 0.05) is 24.0 Å². The summed E-state index contributed by atoms with van der Waals surface area (Å²) in [5.41, 5.74) is 1.02. The van der Waals surface area contributed by atoms with Crippen molar-refractivity contribution in [3.05, 3.63) is 67.6 Å². The Morgan fingerprint density at radius 3 is 2.69 bits per heavy atom. The molecule has 0 atom stereocenters. The van der Waals surface area contributed by atoms with E-state index in [0.717, 1.165) is 15.8 Å². The summed E-state index contributed by atoms with van der Waals surface area (Å²) in [6, 6.07) is 6.99. The van der Waals surface area contributed by atoms with E-state index >= 15 is 0 Å². The van der Waals surface area contributed by atoms with E-state index in [4.69, 9.17) is 16.3 Å². The fourth-order valence-corrected chi connectivity index (χ4v) is 3.61. The minimum absolute atomic E-state index is 0.0488. The number of methoxy groups -OCH3 is 1. The molecule has 0 aliphatic carbocycles. The number of esters is 1. The Hall–Kier alpha value is -3.33. The molecule has 10 heteroatoms. The number of nitrogens with zero attached hydrogens (tertiary/aromatic N) is 5. The number of ether oxygens (including phenoxy) is 1. The van der Waals surface area contributed by atoms with Crippen LogP contribution in [0.25, 0.3) is 16.9 Å². The van der Waals surface area contributed by atoms with Crippen LogP contribution in [0.5, 0.6) is 0 Å². The molecular formula is C19H18ClN5O4. The molecule has 0 radical (unpaired) electrons. The van der Waals surface area contributed by atoms with Crippen LogP contribution in [0.15, 0.2) is 40.1 Å². The Kier molecular flexibility index (Phi) is 4.54. The highest BCUT2D eigenvalue weighted by Crippen LogP contribution is 2.17. The predicted octanol–water partition coefficient (Wildman–Crippen LogP) is 1.33. The third-order valence-electron chi connectivity index (χ3n) is 4.89. The molecule has 29 heavy (non-hydrogen) atoms. The fourth-order valence-electron chi connectivity index (χ4n) is 3.40. The summed E-state index contributed by atoms with van der Waals surface area (Å²) < 4.78 is 10.4. The summed E-state index contributed by atoms with van der Waals surface area (Å²) >= 11 is 6.03. The van der Waals surface area contributed by atoms with E-state index in [-0.39, 0.29) is 24.3 Å². The standard InChI is InChI=1S/C19H18ClN5O4/c1-11-8-24-15-16(21-18(24)23(11)10-14(26)29-3)22(2)19(28)25(17(15)27)9-12-5-4-6-13(20)7-12/h4-8H,9-10H2,1-3H3. The van der Waals surface area contributed by atoms with Crippen LogP contribution in [0.4, 0.5) is 0 Å². The van der Waals surface area contributed by atoms with Gasteiger partial charge in [-0.05, 0) is 24.6 Å². The normalized spacial score (nSPS) is 11.4. The molecule has 0 saturated heterocycles. The van der Waals surface area contributed by atoms with Crippen molar-refractivity contribution in [1.82, 2.24) is 23.1 Å². The lowest BCUT2D eigenvalue weighted by Gasteiger charge is -2.08. The van der Waals surface area contributed by atoms with Gasteiger partial charge in [-0.1, -0.05) is 23.7 Å². The predicted molar refractivity (Wildman–Crippen MR) is 107 cm³/mol. The van der Waals surface area contributed by atoms with Crippen LogP contribution in [-0.4, -0.2) is 36.2 Å². The van der Waals surface area contributed by atoms with Crippen molar-refractivity contribution < 1.29 is 9.53 Å². The van der Waals surface area contributed by atoms with Crippen LogP contribution in [0, 0.1) is 6.92 Å². The number of benzene rings is 1. The van der Waals surface area contributed by atoms with Crippen LogP contribution >= 0.6 is 11.6 Å². The quantitative estimate of drug-likeness (QED) is 0.469. The number of fused-ring (bicyclic) bond motifs is 3. The zero-order valence-electron chi connectivity index (χ0n) is 16.0. The molecule has 0 bridgehead atoms. The number of hydrogen-bond donors (Lipinski definition) is 0. The van der Waals surface area contributed by atoms with Crippen molar-refractivity contribution in [2.24, 2.45) is 7.05 Å². The lowest BCUT2D eigenvalue weighted by Crippen LogP contribution is -2.39. The summed E-state index contributed by atoms with van der Waals surface area (Å²) in [4.78, 5) is 42.3. The van der Waals surface area contributed by atoms with E-state index in [1.807, 2.05) is 0 Å². The molecule has 0 spiro atoms. The SMILES string of the molecule is COC(=O)Cn1c(C)cn2c3c(=O)n(Cc4cccc(Cl)c4)c(=O)n(C)c3nc12. The van der Waals surface area contributed by atoms with Gasteiger partial charge in [-0.3, -0.25) is 23.1 Å². The van der Waals surface area contributed by atoms with Gasteiger partial charge in [0.2, 0.25) is 5.78 Å². The van der Waals surface area contributed by atoms with Gasteiger partial charge in [0.25, 0.3) is 5.56 Å². The third-order valence-corrected chi connectivity index (χ3v) is 5.12. The van der Waals surface area contributed by atoms with Gasteiger partial charge in [-0.25, -0.2) is 4.79 Å². The number of carbonyl (C=O) groups is 1. The smallest absolute Gasteiger partial charge is 0.332 e. The van der Waals surface area contributed by atoms with Crippen molar-refractivity contribution in [3.63, 3.8) is 0 Å². The van der Waals surface area contributed by atoms with Crippen LogP contribution in [0.2, 0.25) is 5.02 Å². The van der Waals surface area contributed by atoms with Gasteiger partial charge < -0.3 is 9.30 Å². The van der Waals surface area contributed by atoms with Gasteiger partial charge in [-0.2, -0.15) is 4.98 Å². The van der Waals surface area contributed by atoms with E-state index in [9.17, 15) is 14.4 Å². The average molecular weight is 416 g/mol. The van der Waals surface area contributed by atoms with E-state index < -0.39 is 17.2 Å². The number of aryl methyl sites for hydroxylation is 2. The summed E-state index contributed by atoms with van der Waals surface area (Å²) in [5, 5.41) is 0.524. The van der Waals surface area contributed by atoms with Crippen molar-refractivity contribution in [2.45, 2.75) is 20.0 Å². The first kappa shape index (κ1) is 19.0. The van der Waals surface area contributed by atoms with Crippen molar-refractivity contribution in [1.29, 1.82) is 0 Å². The van der Waals surface area contributed by atoms with Gasteiger partial charge in [0.05, 0.1) is 13.7 Å². The molecule has 0 aliphatic rings. The number of halogens is 1. The van der Waals surface area contributed by atoms with Gasteiger partial charge >= 0.3 is 11.7 Å². The number of hydrogen-bond acceptors (Lipinski definition) is 5. The second-order valence-corrected chi connectivity index (χ2v) is 7.19. The Bertz CT molecular complexity index is 1390. The minimum atomic E-state index is -0.487. The van der Waals surface area contributed by atoms with E-state index in [1.165, 1.54) is 11.7 Å². The highest BCUT2D eigenvalue weighted by molar-refractivity contribution is 6.30. The molecule has 150 valence electrons. The summed E-state index contributed by atoms with van der Waals surface area (Å²) in [6.07, 6.45) is 1.71. The molecular weight excluding hydrogens is 398 g/mol. The lowest BCUT2D eigenvalue weighted by molar-refractivity contribution is -0.141. The zero-order chi connectivity index (χ0) is 20.9. The van der Waals surface area contributed by atoms with E-state index in [2.05, 4.69) is 4.98 Å². The molecule has 0 fully saturated rings. The number of carbonyl (C=O) groups excluding carboxylic acids is 1. The molecule has 3 aromatic heterocycles. The second kappa shape index (κ2) is 6.93. The average Bonchev–Trinajstić information content (AvgIpc) is 3.19. The van der Waals surface area contributed by atoms with E-state index in [1.54, 1.807) is 53.4 Å².